The first-order valence-corrected chi connectivity index (χ1v) is 9.27. The molecule has 146 valence electrons. The summed E-state index contributed by atoms with van der Waals surface area (Å²) in [7, 11) is 1.31. The maximum Gasteiger partial charge on any atom is 0.356 e. The number of nitrogens with zero attached hydrogens (tertiary/aromatic N) is 3. The zero-order valence-corrected chi connectivity index (χ0v) is 16.5. The number of hydrogen-bond acceptors (Lipinski definition) is 5. The van der Waals surface area contributed by atoms with Crippen LogP contribution in [0, 0.1) is 13.8 Å². The van der Waals surface area contributed by atoms with Gasteiger partial charge in [0.05, 0.1) is 24.0 Å². The molecule has 0 saturated heterocycles. The van der Waals surface area contributed by atoms with Gasteiger partial charge in [0, 0.05) is 17.3 Å². The number of esters is 1. The van der Waals surface area contributed by atoms with E-state index < -0.39 is 12.1 Å². The van der Waals surface area contributed by atoms with Gasteiger partial charge in [-0.1, -0.05) is 36.4 Å². The molecule has 4 aromatic rings. The molecule has 4 rings (SSSR count). The van der Waals surface area contributed by atoms with Crippen molar-refractivity contribution >= 4 is 11.5 Å². The number of rotatable bonds is 4. The number of hydrogen-bond donors (Lipinski definition) is 1. The summed E-state index contributed by atoms with van der Waals surface area (Å²) in [5.74, 6) is -0.541. The van der Waals surface area contributed by atoms with Gasteiger partial charge in [-0.15, -0.1) is 0 Å². The summed E-state index contributed by atoms with van der Waals surface area (Å²) in [5, 5.41) is 16.0. The van der Waals surface area contributed by atoms with Crippen molar-refractivity contribution in [2.45, 2.75) is 20.0 Å². The smallest absolute Gasteiger partial charge is 0.356 e. The Morgan fingerprint density at radius 1 is 1.07 bits per heavy atom. The molecule has 29 heavy (non-hydrogen) atoms. The average molecular weight is 387 g/mol. The molecule has 3 heterocycles. The number of fused-ring (bicyclic) bond motifs is 1. The molecule has 0 aliphatic rings. The monoisotopic (exact) mass is 387 g/mol. The van der Waals surface area contributed by atoms with Crippen LogP contribution in [0.15, 0.2) is 60.8 Å². The van der Waals surface area contributed by atoms with Crippen molar-refractivity contribution in [1.29, 1.82) is 0 Å². The first-order valence-electron chi connectivity index (χ1n) is 9.27. The zero-order chi connectivity index (χ0) is 20.5. The summed E-state index contributed by atoms with van der Waals surface area (Å²) >= 11 is 0. The Bertz CT molecular complexity index is 1200. The van der Waals surface area contributed by atoms with Crippen LogP contribution in [-0.2, 0) is 4.74 Å². The van der Waals surface area contributed by atoms with E-state index in [1.54, 1.807) is 16.6 Å². The number of aliphatic hydroxyl groups is 1. The van der Waals surface area contributed by atoms with Gasteiger partial charge in [0.1, 0.15) is 11.8 Å². The lowest BCUT2D eigenvalue weighted by atomic mass is 9.99. The summed E-state index contributed by atoms with van der Waals surface area (Å²) in [6, 6.07) is 17.0. The predicted octanol–water partition coefficient (Wildman–Crippen LogP) is 3.88. The standard InChI is InChI=1S/C23H21N3O3/c1-14-9-10-19-20(21(25-26(19)13-14)16-7-5-4-6-8-16)22(27)17-11-15(2)12-18(24-17)23(28)29-3/h4-13,22,27H,1-3H3. The van der Waals surface area contributed by atoms with Crippen LogP contribution in [0.1, 0.15) is 39.0 Å². The number of aromatic nitrogens is 3. The molecule has 1 aromatic carbocycles. The van der Waals surface area contributed by atoms with Crippen molar-refractivity contribution < 1.29 is 14.6 Å². The molecule has 0 bridgehead atoms. The number of carbonyl (C=O) groups excluding carboxylic acids is 1. The van der Waals surface area contributed by atoms with E-state index in [4.69, 9.17) is 9.84 Å². The van der Waals surface area contributed by atoms with E-state index >= 15 is 0 Å². The average Bonchev–Trinajstić information content (AvgIpc) is 3.11. The van der Waals surface area contributed by atoms with Gasteiger partial charge < -0.3 is 9.84 Å². The van der Waals surface area contributed by atoms with Crippen LogP contribution in [0.25, 0.3) is 16.8 Å². The first-order chi connectivity index (χ1) is 14.0. The van der Waals surface area contributed by atoms with Gasteiger partial charge in [0.25, 0.3) is 0 Å². The van der Waals surface area contributed by atoms with E-state index in [2.05, 4.69) is 4.98 Å². The molecular formula is C23H21N3O3. The normalized spacial score (nSPS) is 12.1. The van der Waals surface area contributed by atoms with Crippen molar-refractivity contribution in [2.75, 3.05) is 7.11 Å². The Morgan fingerprint density at radius 2 is 1.83 bits per heavy atom. The lowest BCUT2D eigenvalue weighted by molar-refractivity contribution is 0.0593. The van der Waals surface area contributed by atoms with Crippen molar-refractivity contribution in [2.24, 2.45) is 0 Å². The number of methoxy groups -OCH3 is 1. The van der Waals surface area contributed by atoms with E-state index in [0.29, 0.717) is 17.0 Å². The first kappa shape index (κ1) is 18.8. The van der Waals surface area contributed by atoms with E-state index in [9.17, 15) is 9.90 Å². The summed E-state index contributed by atoms with van der Waals surface area (Å²) < 4.78 is 6.56. The van der Waals surface area contributed by atoms with Gasteiger partial charge in [-0.05, 0) is 43.2 Å². The maximum atomic E-state index is 12.0. The summed E-state index contributed by atoms with van der Waals surface area (Å²) in [4.78, 5) is 16.3. The molecule has 0 aliphatic carbocycles. The SMILES string of the molecule is COC(=O)c1cc(C)cc(C(O)c2c(-c3ccccc3)nn3cc(C)ccc23)n1. The lowest BCUT2D eigenvalue weighted by Crippen LogP contribution is -2.10. The third-order valence-corrected chi connectivity index (χ3v) is 4.80. The van der Waals surface area contributed by atoms with E-state index in [-0.39, 0.29) is 5.69 Å². The second-order valence-electron chi connectivity index (χ2n) is 7.01. The van der Waals surface area contributed by atoms with Crippen LogP contribution in [0.4, 0.5) is 0 Å². The molecule has 6 heteroatoms. The fourth-order valence-electron chi connectivity index (χ4n) is 3.44. The Kier molecular flexibility index (Phi) is 4.86. The largest absolute Gasteiger partial charge is 0.464 e. The Morgan fingerprint density at radius 3 is 2.55 bits per heavy atom. The van der Waals surface area contributed by atoms with Gasteiger partial charge in [-0.3, -0.25) is 0 Å². The minimum Gasteiger partial charge on any atom is -0.464 e. The van der Waals surface area contributed by atoms with Crippen LogP contribution < -0.4 is 0 Å². The summed E-state index contributed by atoms with van der Waals surface area (Å²) in [6.07, 6.45) is 0.857. The number of aliphatic hydroxyl groups excluding tert-OH is 1. The number of pyridine rings is 2. The molecular weight excluding hydrogens is 366 g/mol. The van der Waals surface area contributed by atoms with Gasteiger partial charge in [0.2, 0.25) is 0 Å². The van der Waals surface area contributed by atoms with Crippen LogP contribution >= 0.6 is 0 Å². The molecule has 0 amide bonds. The minimum atomic E-state index is -1.06. The molecule has 0 spiro atoms. The van der Waals surface area contributed by atoms with Gasteiger partial charge in [0.15, 0.2) is 0 Å². The number of aryl methyl sites for hydroxylation is 2. The van der Waals surface area contributed by atoms with Crippen LogP contribution in [0.3, 0.4) is 0 Å². The highest BCUT2D eigenvalue weighted by Crippen LogP contribution is 2.34. The molecule has 1 unspecified atom stereocenters. The molecule has 0 saturated carbocycles. The molecule has 6 nitrogen and oxygen atoms in total. The highest BCUT2D eigenvalue weighted by atomic mass is 16.5. The Balaban J connectivity index is 1.93. The quantitative estimate of drug-likeness (QED) is 0.538. The topological polar surface area (TPSA) is 76.7 Å². The Labute approximate surface area is 168 Å². The second kappa shape index (κ2) is 7.48. The van der Waals surface area contributed by atoms with Gasteiger partial charge >= 0.3 is 5.97 Å². The Hall–Kier alpha value is -3.51. The number of ether oxygens (including phenoxy) is 1. The van der Waals surface area contributed by atoms with Crippen LogP contribution in [0.5, 0.6) is 0 Å². The summed E-state index contributed by atoms with van der Waals surface area (Å²) in [5.41, 5.74) is 5.39. The fourth-order valence-corrected chi connectivity index (χ4v) is 3.44. The minimum absolute atomic E-state index is 0.162. The third-order valence-electron chi connectivity index (χ3n) is 4.80. The van der Waals surface area contributed by atoms with Crippen molar-refractivity contribution in [3.8, 4) is 11.3 Å². The molecule has 1 atom stereocenters. The number of benzene rings is 1. The van der Waals surface area contributed by atoms with Crippen LogP contribution in [0.2, 0.25) is 0 Å². The van der Waals surface area contributed by atoms with Crippen molar-refractivity contribution in [3.05, 3.63) is 88.9 Å². The fraction of sp³-hybridized carbons (Fsp3) is 0.174. The van der Waals surface area contributed by atoms with E-state index in [0.717, 1.165) is 22.2 Å². The predicted molar refractivity (Wildman–Crippen MR) is 110 cm³/mol. The van der Waals surface area contributed by atoms with E-state index in [1.165, 1.54) is 7.11 Å². The van der Waals surface area contributed by atoms with Crippen molar-refractivity contribution in [3.63, 3.8) is 0 Å². The lowest BCUT2D eigenvalue weighted by Gasteiger charge is -2.13. The highest BCUT2D eigenvalue weighted by Gasteiger charge is 2.25. The van der Waals surface area contributed by atoms with Gasteiger partial charge in [-0.2, -0.15) is 5.10 Å². The third kappa shape index (κ3) is 3.50. The molecule has 0 radical (unpaired) electrons. The van der Waals surface area contributed by atoms with Crippen molar-refractivity contribution in [1.82, 2.24) is 14.6 Å². The van der Waals surface area contributed by atoms with Gasteiger partial charge in [-0.25, -0.2) is 14.3 Å². The number of carbonyl (C=O) groups is 1. The molecule has 0 aliphatic heterocycles. The zero-order valence-electron chi connectivity index (χ0n) is 16.5. The molecule has 1 N–H and O–H groups in total. The maximum absolute atomic E-state index is 12.0. The van der Waals surface area contributed by atoms with E-state index in [1.807, 2.05) is 62.5 Å². The molecule has 0 fully saturated rings. The highest BCUT2D eigenvalue weighted by molar-refractivity contribution is 5.87. The van der Waals surface area contributed by atoms with Crippen LogP contribution in [-0.4, -0.2) is 32.8 Å². The second-order valence-corrected chi connectivity index (χ2v) is 7.01. The summed E-state index contributed by atoms with van der Waals surface area (Å²) in [6.45, 7) is 3.84. The molecule has 3 aromatic heterocycles.